The summed E-state index contributed by atoms with van der Waals surface area (Å²) in [5.74, 6) is 0.925. The fourth-order valence-electron chi connectivity index (χ4n) is 2.89. The first kappa shape index (κ1) is 12.4. The first-order valence-electron chi connectivity index (χ1n) is 7.01. The minimum atomic E-state index is -0.344. The van der Waals surface area contributed by atoms with Gasteiger partial charge in [-0.15, -0.1) is 0 Å². The summed E-state index contributed by atoms with van der Waals surface area (Å²) in [6.45, 7) is 3.60. The highest BCUT2D eigenvalue weighted by Gasteiger charge is 2.28. The van der Waals surface area contributed by atoms with Crippen molar-refractivity contribution in [2.75, 3.05) is 31.1 Å². The molecule has 1 amide bonds. The van der Waals surface area contributed by atoms with Crippen LogP contribution in [0.2, 0.25) is 0 Å². The molecule has 0 radical (unpaired) electrons. The summed E-state index contributed by atoms with van der Waals surface area (Å²) in [6.07, 6.45) is 5.38. The van der Waals surface area contributed by atoms with E-state index in [4.69, 9.17) is 5.73 Å². The first-order chi connectivity index (χ1) is 9.27. The Labute approximate surface area is 113 Å². The van der Waals surface area contributed by atoms with E-state index in [1.807, 2.05) is 12.3 Å². The Morgan fingerprint density at radius 3 is 2.68 bits per heavy atom. The average Bonchev–Trinajstić information content (AvgIpc) is 2.37. The van der Waals surface area contributed by atoms with E-state index in [-0.39, 0.29) is 5.91 Å². The number of carbonyl (C=O) groups is 1. The van der Waals surface area contributed by atoms with Crippen LogP contribution in [0.1, 0.15) is 41.1 Å². The van der Waals surface area contributed by atoms with E-state index < -0.39 is 0 Å². The molecule has 1 saturated carbocycles. The van der Waals surface area contributed by atoms with Crippen LogP contribution in [0.15, 0.2) is 12.3 Å². The number of nitrogens with two attached hydrogens (primary N) is 1. The Kier molecular flexibility index (Phi) is 3.38. The lowest BCUT2D eigenvalue weighted by molar-refractivity contribution is 0.0998. The third-order valence-electron chi connectivity index (χ3n) is 4.17. The minimum Gasteiger partial charge on any atom is -0.365 e. The maximum absolute atomic E-state index is 11.9. The molecule has 0 bridgehead atoms. The Morgan fingerprint density at radius 1 is 1.37 bits per heavy atom. The molecule has 1 aromatic rings. The second-order valence-corrected chi connectivity index (χ2v) is 5.33. The van der Waals surface area contributed by atoms with E-state index in [0.717, 1.165) is 50.4 Å². The molecule has 1 saturated heterocycles. The van der Waals surface area contributed by atoms with Crippen molar-refractivity contribution in [3.63, 3.8) is 0 Å². The summed E-state index contributed by atoms with van der Waals surface area (Å²) in [5, 5.41) is 3.31. The van der Waals surface area contributed by atoms with E-state index in [0.29, 0.717) is 11.5 Å². The van der Waals surface area contributed by atoms with E-state index in [2.05, 4.69) is 15.2 Å². The van der Waals surface area contributed by atoms with Crippen molar-refractivity contribution in [1.82, 2.24) is 10.3 Å². The lowest BCUT2D eigenvalue weighted by atomic mass is 9.78. The highest BCUT2D eigenvalue weighted by Crippen LogP contribution is 2.39. The van der Waals surface area contributed by atoms with Gasteiger partial charge >= 0.3 is 0 Å². The standard InChI is InChI=1S/C14H20N4O/c15-13(19)12-11(10-2-1-3-10)4-5-17-14(12)18-8-6-16-7-9-18/h4-5,10,16H,1-3,6-9H2,(H2,15,19). The van der Waals surface area contributed by atoms with Gasteiger partial charge in [0.05, 0.1) is 5.56 Å². The van der Waals surface area contributed by atoms with Crippen LogP contribution in [0.25, 0.3) is 0 Å². The molecule has 5 heteroatoms. The monoisotopic (exact) mass is 260 g/mol. The van der Waals surface area contributed by atoms with Gasteiger partial charge in [0, 0.05) is 32.4 Å². The van der Waals surface area contributed by atoms with Crippen molar-refractivity contribution >= 4 is 11.7 Å². The molecular formula is C14H20N4O. The summed E-state index contributed by atoms with van der Waals surface area (Å²) in [6, 6.07) is 1.97. The van der Waals surface area contributed by atoms with Crippen molar-refractivity contribution in [1.29, 1.82) is 0 Å². The number of nitrogens with zero attached hydrogens (tertiary/aromatic N) is 2. The third-order valence-corrected chi connectivity index (χ3v) is 4.17. The molecule has 5 nitrogen and oxygen atoms in total. The van der Waals surface area contributed by atoms with Crippen LogP contribution < -0.4 is 16.0 Å². The van der Waals surface area contributed by atoms with Crippen molar-refractivity contribution < 1.29 is 4.79 Å². The van der Waals surface area contributed by atoms with Gasteiger partial charge in [-0.05, 0) is 30.4 Å². The van der Waals surface area contributed by atoms with Crippen LogP contribution in [0, 0.1) is 0 Å². The molecule has 0 unspecified atom stereocenters. The number of rotatable bonds is 3. The molecule has 1 aliphatic heterocycles. The van der Waals surface area contributed by atoms with Gasteiger partial charge in [-0.25, -0.2) is 4.98 Å². The lowest BCUT2D eigenvalue weighted by Gasteiger charge is -2.32. The predicted octanol–water partition coefficient (Wildman–Crippen LogP) is 0.858. The first-order valence-corrected chi connectivity index (χ1v) is 7.01. The van der Waals surface area contributed by atoms with E-state index in [1.54, 1.807) is 0 Å². The summed E-state index contributed by atoms with van der Waals surface area (Å²) in [4.78, 5) is 18.5. The Hall–Kier alpha value is -1.62. The Bertz CT molecular complexity index is 478. The van der Waals surface area contributed by atoms with Crippen LogP contribution in [-0.2, 0) is 0 Å². The van der Waals surface area contributed by atoms with Crippen LogP contribution in [-0.4, -0.2) is 37.1 Å². The van der Waals surface area contributed by atoms with Crippen molar-refractivity contribution in [3.05, 3.63) is 23.4 Å². The normalized spacial score (nSPS) is 20.1. The van der Waals surface area contributed by atoms with Crippen molar-refractivity contribution in [2.24, 2.45) is 5.73 Å². The molecular weight excluding hydrogens is 240 g/mol. The number of aromatic nitrogens is 1. The molecule has 1 aromatic heterocycles. The van der Waals surface area contributed by atoms with Gasteiger partial charge < -0.3 is 16.0 Å². The fraction of sp³-hybridized carbons (Fsp3) is 0.571. The van der Waals surface area contributed by atoms with Crippen LogP contribution in [0.3, 0.4) is 0 Å². The van der Waals surface area contributed by atoms with Gasteiger partial charge in [-0.2, -0.15) is 0 Å². The summed E-state index contributed by atoms with van der Waals surface area (Å²) < 4.78 is 0. The number of anilines is 1. The maximum Gasteiger partial charge on any atom is 0.252 e. The highest BCUT2D eigenvalue weighted by atomic mass is 16.1. The lowest BCUT2D eigenvalue weighted by Crippen LogP contribution is -2.44. The van der Waals surface area contributed by atoms with Gasteiger partial charge in [0.15, 0.2) is 0 Å². The number of nitrogens with one attached hydrogen (secondary N) is 1. The number of hydrogen-bond acceptors (Lipinski definition) is 4. The number of carbonyl (C=O) groups excluding carboxylic acids is 1. The van der Waals surface area contributed by atoms with Gasteiger partial charge in [0.25, 0.3) is 5.91 Å². The molecule has 2 heterocycles. The van der Waals surface area contributed by atoms with E-state index >= 15 is 0 Å². The predicted molar refractivity (Wildman–Crippen MR) is 74.4 cm³/mol. The quantitative estimate of drug-likeness (QED) is 0.845. The third kappa shape index (κ3) is 2.30. The van der Waals surface area contributed by atoms with Gasteiger partial charge in [0.2, 0.25) is 0 Å². The Balaban J connectivity index is 1.99. The smallest absolute Gasteiger partial charge is 0.252 e. The molecule has 19 heavy (non-hydrogen) atoms. The summed E-state index contributed by atoms with van der Waals surface area (Å²) >= 11 is 0. The van der Waals surface area contributed by atoms with Crippen LogP contribution in [0.4, 0.5) is 5.82 Å². The maximum atomic E-state index is 11.9. The average molecular weight is 260 g/mol. The van der Waals surface area contributed by atoms with Crippen LogP contribution in [0.5, 0.6) is 0 Å². The number of pyridine rings is 1. The topological polar surface area (TPSA) is 71.2 Å². The number of piperazine rings is 1. The number of amides is 1. The number of hydrogen-bond donors (Lipinski definition) is 2. The molecule has 102 valence electrons. The molecule has 2 fully saturated rings. The Morgan fingerprint density at radius 2 is 2.11 bits per heavy atom. The van der Waals surface area contributed by atoms with E-state index in [1.165, 1.54) is 6.42 Å². The molecule has 0 atom stereocenters. The molecule has 1 aliphatic carbocycles. The second-order valence-electron chi connectivity index (χ2n) is 5.33. The van der Waals surface area contributed by atoms with Gasteiger partial charge in [0.1, 0.15) is 5.82 Å². The number of primary amides is 1. The molecule has 3 rings (SSSR count). The molecule has 3 N–H and O–H groups in total. The van der Waals surface area contributed by atoms with Crippen LogP contribution >= 0.6 is 0 Å². The SMILES string of the molecule is NC(=O)c1c(C2CCC2)ccnc1N1CCNCC1. The van der Waals surface area contributed by atoms with Gasteiger partial charge in [-0.1, -0.05) is 6.42 Å². The zero-order valence-corrected chi connectivity index (χ0v) is 11.1. The molecule has 2 aliphatic rings. The van der Waals surface area contributed by atoms with Crippen molar-refractivity contribution in [2.45, 2.75) is 25.2 Å². The second kappa shape index (κ2) is 5.17. The summed E-state index contributed by atoms with van der Waals surface area (Å²) in [7, 11) is 0. The highest BCUT2D eigenvalue weighted by molar-refractivity contribution is 5.99. The zero-order chi connectivity index (χ0) is 13.2. The molecule has 0 spiro atoms. The zero-order valence-electron chi connectivity index (χ0n) is 11.1. The minimum absolute atomic E-state index is 0.344. The largest absolute Gasteiger partial charge is 0.365 e. The van der Waals surface area contributed by atoms with Gasteiger partial charge in [-0.3, -0.25) is 4.79 Å². The molecule has 0 aromatic carbocycles. The van der Waals surface area contributed by atoms with E-state index in [9.17, 15) is 4.79 Å². The summed E-state index contributed by atoms with van der Waals surface area (Å²) in [5.41, 5.74) is 7.36. The fourth-order valence-corrected chi connectivity index (χ4v) is 2.89. The van der Waals surface area contributed by atoms with Crippen molar-refractivity contribution in [3.8, 4) is 0 Å².